The van der Waals surface area contributed by atoms with E-state index in [1.165, 1.54) is 12.1 Å². The lowest BCUT2D eigenvalue weighted by Gasteiger charge is -2.17. The highest BCUT2D eigenvalue weighted by Crippen LogP contribution is 2.22. The first-order valence-electron chi connectivity index (χ1n) is 6.68. The van der Waals surface area contributed by atoms with E-state index in [4.69, 9.17) is 4.74 Å². The smallest absolute Gasteiger partial charge is 0.269 e. The normalized spacial score (nSPS) is 11.9. The van der Waals surface area contributed by atoms with Crippen molar-refractivity contribution in [3.63, 3.8) is 0 Å². The van der Waals surface area contributed by atoms with Crippen LogP contribution in [0.3, 0.4) is 0 Å². The molecule has 0 aliphatic heterocycles. The molecular formula is C16H18N2O3. The molecule has 110 valence electrons. The van der Waals surface area contributed by atoms with Gasteiger partial charge in [0.05, 0.1) is 12.0 Å². The van der Waals surface area contributed by atoms with Gasteiger partial charge in [0.1, 0.15) is 5.75 Å². The third-order valence-electron chi connectivity index (χ3n) is 3.45. The summed E-state index contributed by atoms with van der Waals surface area (Å²) in [4.78, 5) is 10.3. The average Bonchev–Trinajstić information content (AvgIpc) is 2.53. The number of non-ortho nitro benzene ring substituents is 1. The van der Waals surface area contributed by atoms with Gasteiger partial charge in [-0.05, 0) is 36.7 Å². The molecule has 2 aromatic rings. The highest BCUT2D eigenvalue weighted by atomic mass is 16.6. The van der Waals surface area contributed by atoms with E-state index in [1.54, 1.807) is 19.2 Å². The number of nitrogens with one attached hydrogen (secondary N) is 1. The lowest BCUT2D eigenvalue weighted by Crippen LogP contribution is -2.18. The molecule has 1 atom stereocenters. The Kier molecular flexibility index (Phi) is 4.90. The van der Waals surface area contributed by atoms with Crippen molar-refractivity contribution in [2.24, 2.45) is 0 Å². The lowest BCUT2D eigenvalue weighted by molar-refractivity contribution is -0.384. The van der Waals surface area contributed by atoms with Crippen molar-refractivity contribution in [1.29, 1.82) is 0 Å². The van der Waals surface area contributed by atoms with Crippen molar-refractivity contribution in [3.8, 4) is 5.75 Å². The van der Waals surface area contributed by atoms with Crippen molar-refractivity contribution in [2.75, 3.05) is 14.2 Å². The van der Waals surface area contributed by atoms with Gasteiger partial charge in [-0.2, -0.15) is 0 Å². The molecule has 0 spiro atoms. The highest BCUT2D eigenvalue weighted by Gasteiger charge is 2.11. The van der Waals surface area contributed by atoms with Crippen LogP contribution in [0.5, 0.6) is 5.75 Å². The van der Waals surface area contributed by atoms with E-state index < -0.39 is 0 Å². The largest absolute Gasteiger partial charge is 0.497 e. The molecule has 5 heteroatoms. The van der Waals surface area contributed by atoms with E-state index in [2.05, 4.69) is 5.32 Å². The summed E-state index contributed by atoms with van der Waals surface area (Å²) in [6, 6.07) is 14.7. The van der Waals surface area contributed by atoms with E-state index >= 15 is 0 Å². The van der Waals surface area contributed by atoms with Crippen LogP contribution in [0.25, 0.3) is 0 Å². The zero-order chi connectivity index (χ0) is 15.2. The summed E-state index contributed by atoms with van der Waals surface area (Å²) in [5.41, 5.74) is 2.32. The minimum absolute atomic E-state index is 0.115. The number of likely N-dealkylation sites (N-methyl/N-ethyl adjacent to an activating group) is 1. The Balaban J connectivity index is 2.12. The van der Waals surface area contributed by atoms with Gasteiger partial charge in [-0.3, -0.25) is 10.1 Å². The number of nitrogens with zero attached hydrogens (tertiary/aromatic N) is 1. The second-order valence-corrected chi connectivity index (χ2v) is 4.74. The van der Waals surface area contributed by atoms with Crippen molar-refractivity contribution in [2.45, 2.75) is 12.5 Å². The third-order valence-corrected chi connectivity index (χ3v) is 3.45. The van der Waals surface area contributed by atoms with Gasteiger partial charge in [0.25, 0.3) is 5.69 Å². The molecule has 5 nitrogen and oxygen atoms in total. The van der Waals surface area contributed by atoms with Gasteiger partial charge in [0, 0.05) is 18.2 Å². The Labute approximate surface area is 123 Å². The number of hydrogen-bond donors (Lipinski definition) is 1. The number of nitro benzene ring substituents is 1. The summed E-state index contributed by atoms with van der Waals surface area (Å²) in [5.74, 6) is 0.823. The van der Waals surface area contributed by atoms with Crippen molar-refractivity contribution >= 4 is 5.69 Å². The maximum atomic E-state index is 10.7. The Morgan fingerprint density at radius 3 is 2.24 bits per heavy atom. The summed E-state index contributed by atoms with van der Waals surface area (Å²) in [5, 5.41) is 13.9. The van der Waals surface area contributed by atoms with Crippen molar-refractivity contribution in [3.05, 3.63) is 69.8 Å². The van der Waals surface area contributed by atoms with Crippen LogP contribution in [-0.2, 0) is 6.42 Å². The quantitative estimate of drug-likeness (QED) is 0.654. The Hall–Kier alpha value is -2.40. The lowest BCUT2D eigenvalue weighted by atomic mass is 9.99. The Bertz CT molecular complexity index is 594. The summed E-state index contributed by atoms with van der Waals surface area (Å²) >= 11 is 0. The average molecular weight is 286 g/mol. The SMILES string of the molecule is CNC(Cc1ccc([N+](=O)[O-])cc1)c1ccc(OC)cc1. The van der Waals surface area contributed by atoms with Crippen molar-refractivity contribution < 1.29 is 9.66 Å². The monoisotopic (exact) mass is 286 g/mol. The van der Waals surface area contributed by atoms with Gasteiger partial charge < -0.3 is 10.1 Å². The molecule has 1 unspecified atom stereocenters. The third kappa shape index (κ3) is 3.79. The molecule has 0 heterocycles. The van der Waals surface area contributed by atoms with Crippen LogP contribution >= 0.6 is 0 Å². The van der Waals surface area contributed by atoms with E-state index in [-0.39, 0.29) is 16.7 Å². The first kappa shape index (κ1) is 15.0. The van der Waals surface area contributed by atoms with Crippen LogP contribution in [-0.4, -0.2) is 19.1 Å². The minimum Gasteiger partial charge on any atom is -0.497 e. The van der Waals surface area contributed by atoms with Gasteiger partial charge in [-0.25, -0.2) is 0 Å². The molecule has 0 aliphatic carbocycles. The Morgan fingerprint density at radius 1 is 1.14 bits per heavy atom. The first-order valence-corrected chi connectivity index (χ1v) is 6.68. The van der Waals surface area contributed by atoms with E-state index in [0.29, 0.717) is 0 Å². The van der Waals surface area contributed by atoms with Crippen LogP contribution in [0, 0.1) is 10.1 Å². The van der Waals surface area contributed by atoms with Gasteiger partial charge in [0.15, 0.2) is 0 Å². The highest BCUT2D eigenvalue weighted by molar-refractivity contribution is 5.35. The molecule has 2 rings (SSSR count). The minimum atomic E-state index is -0.386. The Morgan fingerprint density at radius 2 is 1.76 bits per heavy atom. The predicted octanol–water partition coefficient (Wildman–Crippen LogP) is 3.11. The van der Waals surface area contributed by atoms with Crippen molar-refractivity contribution in [1.82, 2.24) is 5.32 Å². The molecule has 0 saturated carbocycles. The van der Waals surface area contributed by atoms with E-state index in [0.717, 1.165) is 23.3 Å². The molecule has 2 aromatic carbocycles. The van der Waals surface area contributed by atoms with Gasteiger partial charge in [0.2, 0.25) is 0 Å². The number of hydrogen-bond acceptors (Lipinski definition) is 4. The van der Waals surface area contributed by atoms with Gasteiger partial charge >= 0.3 is 0 Å². The topological polar surface area (TPSA) is 64.4 Å². The van der Waals surface area contributed by atoms with Crippen LogP contribution in [0.4, 0.5) is 5.69 Å². The number of rotatable bonds is 6. The van der Waals surface area contributed by atoms with E-state index in [1.807, 2.05) is 31.3 Å². The van der Waals surface area contributed by atoms with E-state index in [9.17, 15) is 10.1 Å². The van der Waals surface area contributed by atoms with Crippen LogP contribution in [0.15, 0.2) is 48.5 Å². The molecule has 0 bridgehead atoms. The molecule has 0 aromatic heterocycles. The van der Waals surface area contributed by atoms with Gasteiger partial charge in [-0.1, -0.05) is 24.3 Å². The standard InChI is InChI=1S/C16H18N2O3/c1-17-16(13-5-9-15(21-2)10-6-13)11-12-3-7-14(8-4-12)18(19)20/h3-10,16-17H,11H2,1-2H3. The van der Waals surface area contributed by atoms with Crippen LogP contribution in [0.1, 0.15) is 17.2 Å². The fraction of sp³-hybridized carbons (Fsp3) is 0.250. The molecular weight excluding hydrogens is 268 g/mol. The van der Waals surface area contributed by atoms with Gasteiger partial charge in [-0.15, -0.1) is 0 Å². The number of benzene rings is 2. The zero-order valence-corrected chi connectivity index (χ0v) is 12.1. The molecule has 0 aliphatic rings. The van der Waals surface area contributed by atoms with Crippen LogP contribution < -0.4 is 10.1 Å². The number of ether oxygens (including phenoxy) is 1. The summed E-state index contributed by atoms with van der Waals surface area (Å²) < 4.78 is 5.15. The molecule has 0 saturated heterocycles. The molecule has 0 radical (unpaired) electrons. The molecule has 1 N–H and O–H groups in total. The second kappa shape index (κ2) is 6.85. The predicted molar refractivity (Wildman–Crippen MR) is 81.6 cm³/mol. The summed E-state index contributed by atoms with van der Waals surface area (Å²) in [6.45, 7) is 0. The second-order valence-electron chi connectivity index (χ2n) is 4.74. The fourth-order valence-corrected chi connectivity index (χ4v) is 2.21. The summed E-state index contributed by atoms with van der Waals surface area (Å²) in [7, 11) is 3.54. The molecule has 21 heavy (non-hydrogen) atoms. The molecule has 0 amide bonds. The fourth-order valence-electron chi connectivity index (χ4n) is 2.21. The maximum Gasteiger partial charge on any atom is 0.269 e. The number of methoxy groups -OCH3 is 1. The first-order chi connectivity index (χ1) is 10.1. The molecule has 0 fully saturated rings. The maximum absolute atomic E-state index is 10.7. The zero-order valence-electron chi connectivity index (χ0n) is 12.1. The van der Waals surface area contributed by atoms with Crippen LogP contribution in [0.2, 0.25) is 0 Å². The summed E-state index contributed by atoms with van der Waals surface area (Å²) in [6.07, 6.45) is 0.765. The number of nitro groups is 1.